The lowest BCUT2D eigenvalue weighted by molar-refractivity contribution is 0.0444. The van der Waals surface area contributed by atoms with Crippen LogP contribution in [0.2, 0.25) is 19.6 Å². The number of aliphatic hydroxyl groups is 1. The quantitative estimate of drug-likeness (QED) is 0.639. The summed E-state index contributed by atoms with van der Waals surface area (Å²) < 4.78 is 0. The molecule has 1 aliphatic rings. The van der Waals surface area contributed by atoms with Gasteiger partial charge < -0.3 is 5.11 Å². The van der Waals surface area contributed by atoms with Crippen molar-refractivity contribution in [2.75, 3.05) is 0 Å². The monoisotopic (exact) mass is 282 g/mol. The summed E-state index contributed by atoms with van der Waals surface area (Å²) in [6.07, 6.45) is 9.86. The molecule has 1 rings (SSSR count). The predicted octanol–water partition coefficient (Wildman–Crippen LogP) is 5.17. The zero-order valence-electron chi connectivity index (χ0n) is 13.5. The summed E-state index contributed by atoms with van der Waals surface area (Å²) in [4.78, 5) is 0. The third kappa shape index (κ3) is 5.07. The van der Waals surface area contributed by atoms with Gasteiger partial charge in [-0.3, -0.25) is 0 Å². The summed E-state index contributed by atoms with van der Waals surface area (Å²) in [7, 11) is -1.35. The second-order valence-corrected chi connectivity index (χ2v) is 12.6. The molecule has 1 saturated carbocycles. The molecular weight excluding hydrogens is 248 g/mol. The normalized spacial score (nSPS) is 21.1. The number of unbranched alkanes of at least 4 members (excludes halogenated alkanes) is 1. The van der Waals surface area contributed by atoms with Gasteiger partial charge in [0.15, 0.2) is 0 Å². The summed E-state index contributed by atoms with van der Waals surface area (Å²) in [5, 5.41) is 12.2. The molecule has 19 heavy (non-hydrogen) atoms. The molecule has 0 aromatic rings. The highest BCUT2D eigenvalue weighted by molar-refractivity contribution is 6.83. The Morgan fingerprint density at radius 1 is 1.21 bits per heavy atom. The Balaban J connectivity index is 2.73. The van der Waals surface area contributed by atoms with Crippen LogP contribution in [0.15, 0.2) is 11.8 Å². The summed E-state index contributed by atoms with van der Waals surface area (Å²) in [6, 6.07) is 0. The summed E-state index contributed by atoms with van der Waals surface area (Å²) in [5.41, 5.74) is 0. The zero-order chi connectivity index (χ0) is 14.5. The van der Waals surface area contributed by atoms with E-state index in [0.29, 0.717) is 11.8 Å². The van der Waals surface area contributed by atoms with Crippen LogP contribution >= 0.6 is 0 Å². The van der Waals surface area contributed by atoms with Crippen molar-refractivity contribution in [3.63, 3.8) is 0 Å². The maximum atomic E-state index is 10.9. The standard InChI is InChI=1S/C17H34OSi/c1-6-7-13-16(14(2)19(3,4)5)17(18)15-11-9-8-10-12-15/h15-18H,2,6-13H2,1,3-5H3/t16-,17+/m0/s1. The summed E-state index contributed by atoms with van der Waals surface area (Å²) >= 11 is 0. The van der Waals surface area contributed by atoms with E-state index in [1.54, 1.807) is 0 Å². The van der Waals surface area contributed by atoms with Crippen molar-refractivity contribution in [3.8, 4) is 0 Å². The Labute approximate surface area is 121 Å². The van der Waals surface area contributed by atoms with Crippen LogP contribution in [-0.2, 0) is 0 Å². The predicted molar refractivity (Wildman–Crippen MR) is 88.1 cm³/mol. The topological polar surface area (TPSA) is 20.2 Å². The second-order valence-electron chi connectivity index (χ2n) is 7.41. The second kappa shape index (κ2) is 7.63. The van der Waals surface area contributed by atoms with Crippen molar-refractivity contribution in [2.45, 2.75) is 84.0 Å². The molecule has 0 radical (unpaired) electrons. The molecule has 112 valence electrons. The van der Waals surface area contributed by atoms with Gasteiger partial charge in [-0.05, 0) is 25.2 Å². The molecular formula is C17H34OSi. The van der Waals surface area contributed by atoms with Gasteiger partial charge in [0.2, 0.25) is 0 Å². The van der Waals surface area contributed by atoms with Crippen LogP contribution in [-0.4, -0.2) is 19.3 Å². The van der Waals surface area contributed by atoms with Crippen LogP contribution in [0.1, 0.15) is 58.3 Å². The molecule has 1 fully saturated rings. The van der Waals surface area contributed by atoms with Crippen LogP contribution in [0, 0.1) is 11.8 Å². The van der Waals surface area contributed by atoms with Gasteiger partial charge in [-0.2, -0.15) is 0 Å². The molecule has 0 saturated heterocycles. The lowest BCUT2D eigenvalue weighted by atomic mass is 9.79. The minimum Gasteiger partial charge on any atom is -0.392 e. The van der Waals surface area contributed by atoms with Crippen molar-refractivity contribution in [1.82, 2.24) is 0 Å². The van der Waals surface area contributed by atoms with Crippen LogP contribution < -0.4 is 0 Å². The highest BCUT2D eigenvalue weighted by atomic mass is 28.3. The molecule has 0 spiro atoms. The number of aliphatic hydroxyl groups excluding tert-OH is 1. The molecule has 2 atom stereocenters. The molecule has 1 N–H and O–H groups in total. The van der Waals surface area contributed by atoms with E-state index in [2.05, 4.69) is 33.1 Å². The third-order valence-corrected chi connectivity index (χ3v) is 7.12. The molecule has 0 bridgehead atoms. The zero-order valence-corrected chi connectivity index (χ0v) is 14.5. The van der Waals surface area contributed by atoms with Crippen molar-refractivity contribution < 1.29 is 5.11 Å². The van der Waals surface area contributed by atoms with Gasteiger partial charge in [0.1, 0.15) is 0 Å². The van der Waals surface area contributed by atoms with Crippen molar-refractivity contribution in [1.29, 1.82) is 0 Å². The first-order valence-electron chi connectivity index (χ1n) is 8.25. The Hall–Kier alpha value is -0.0831. The van der Waals surface area contributed by atoms with Crippen LogP contribution in [0.25, 0.3) is 0 Å². The number of hydrogen-bond acceptors (Lipinski definition) is 1. The van der Waals surface area contributed by atoms with Gasteiger partial charge in [0.05, 0.1) is 14.2 Å². The van der Waals surface area contributed by atoms with Crippen LogP contribution in [0.5, 0.6) is 0 Å². The van der Waals surface area contributed by atoms with E-state index in [1.807, 2.05) is 0 Å². The largest absolute Gasteiger partial charge is 0.392 e. The van der Waals surface area contributed by atoms with E-state index in [-0.39, 0.29) is 6.10 Å². The molecule has 2 heteroatoms. The van der Waals surface area contributed by atoms with Gasteiger partial charge in [0.25, 0.3) is 0 Å². The van der Waals surface area contributed by atoms with Gasteiger partial charge in [-0.1, -0.05) is 63.9 Å². The smallest absolute Gasteiger partial charge is 0.0721 e. The van der Waals surface area contributed by atoms with E-state index in [1.165, 1.54) is 50.1 Å². The molecule has 0 aliphatic heterocycles. The Morgan fingerprint density at radius 3 is 2.26 bits per heavy atom. The fraction of sp³-hybridized carbons (Fsp3) is 0.882. The van der Waals surface area contributed by atoms with Gasteiger partial charge >= 0.3 is 0 Å². The third-order valence-electron chi connectivity index (χ3n) is 4.82. The maximum Gasteiger partial charge on any atom is 0.0721 e. The van der Waals surface area contributed by atoms with Gasteiger partial charge in [0, 0.05) is 5.92 Å². The number of rotatable bonds is 7. The minimum absolute atomic E-state index is 0.133. The average molecular weight is 283 g/mol. The fourth-order valence-corrected chi connectivity index (χ4v) is 4.76. The first-order valence-corrected chi connectivity index (χ1v) is 11.7. The van der Waals surface area contributed by atoms with E-state index in [9.17, 15) is 5.11 Å². The molecule has 1 nitrogen and oxygen atoms in total. The maximum absolute atomic E-state index is 10.9. The van der Waals surface area contributed by atoms with Crippen molar-refractivity contribution >= 4 is 8.07 Å². The van der Waals surface area contributed by atoms with E-state index in [4.69, 9.17) is 0 Å². The molecule has 0 amide bonds. The first kappa shape index (κ1) is 17.0. The minimum atomic E-state index is -1.35. The SMILES string of the molecule is C=C([C@H](CCCC)[C@H](O)C1CCCCC1)[Si](C)(C)C. The molecule has 0 heterocycles. The first-order chi connectivity index (χ1) is 8.88. The molecule has 1 aliphatic carbocycles. The summed E-state index contributed by atoms with van der Waals surface area (Å²) in [5.74, 6) is 0.887. The average Bonchev–Trinajstić information content (AvgIpc) is 2.38. The van der Waals surface area contributed by atoms with Crippen LogP contribution in [0.4, 0.5) is 0 Å². The Kier molecular flexibility index (Phi) is 6.82. The summed E-state index contributed by atoms with van der Waals surface area (Å²) in [6.45, 7) is 13.7. The Morgan fingerprint density at radius 2 is 1.79 bits per heavy atom. The van der Waals surface area contributed by atoms with Crippen molar-refractivity contribution in [3.05, 3.63) is 11.8 Å². The van der Waals surface area contributed by atoms with Crippen LogP contribution in [0.3, 0.4) is 0 Å². The highest BCUT2D eigenvalue weighted by Gasteiger charge is 2.34. The van der Waals surface area contributed by atoms with E-state index >= 15 is 0 Å². The van der Waals surface area contributed by atoms with E-state index in [0.717, 1.165) is 6.42 Å². The lowest BCUT2D eigenvalue weighted by Gasteiger charge is -2.37. The lowest BCUT2D eigenvalue weighted by Crippen LogP contribution is -2.38. The molecule has 0 aromatic carbocycles. The highest BCUT2D eigenvalue weighted by Crippen LogP contribution is 2.36. The van der Waals surface area contributed by atoms with Crippen molar-refractivity contribution in [2.24, 2.45) is 11.8 Å². The van der Waals surface area contributed by atoms with E-state index < -0.39 is 8.07 Å². The molecule has 0 unspecified atom stereocenters. The van der Waals surface area contributed by atoms with Gasteiger partial charge in [-0.25, -0.2) is 0 Å². The fourth-order valence-electron chi connectivity index (χ4n) is 3.34. The Bertz CT molecular complexity index is 273. The molecule has 0 aromatic heterocycles. The van der Waals surface area contributed by atoms with Gasteiger partial charge in [-0.15, -0.1) is 6.58 Å². The number of hydrogen-bond donors (Lipinski definition) is 1.